The molecule has 0 spiro atoms. The molecule has 2 aromatic rings. The first-order valence-corrected chi connectivity index (χ1v) is 12.2. The maximum Gasteiger partial charge on any atom is 0.244 e. The molecule has 1 amide bonds. The molecule has 1 unspecified atom stereocenters. The molecule has 2 aliphatic heterocycles. The third-order valence-corrected chi connectivity index (χ3v) is 6.90. The Morgan fingerprint density at radius 1 is 1.03 bits per heavy atom. The second-order valence-electron chi connectivity index (χ2n) is 8.44. The Morgan fingerprint density at radius 2 is 1.67 bits per heavy atom. The monoisotopic (exact) mass is 514 g/mol. The molecule has 0 radical (unpaired) electrons. The van der Waals surface area contributed by atoms with Gasteiger partial charge in [0.25, 0.3) is 0 Å². The van der Waals surface area contributed by atoms with Crippen LogP contribution in [0.5, 0.6) is 5.75 Å². The van der Waals surface area contributed by atoms with Crippen molar-refractivity contribution in [1.82, 2.24) is 14.8 Å². The Morgan fingerprint density at radius 3 is 2.27 bits per heavy atom. The van der Waals surface area contributed by atoms with Crippen LogP contribution in [-0.4, -0.2) is 84.5 Å². The van der Waals surface area contributed by atoms with Crippen LogP contribution in [0.2, 0.25) is 0 Å². The van der Waals surface area contributed by atoms with Crippen molar-refractivity contribution in [2.75, 3.05) is 53.0 Å². The quantitative estimate of drug-likeness (QED) is 0.585. The Labute approximate surface area is 203 Å². The van der Waals surface area contributed by atoms with Crippen molar-refractivity contribution in [2.45, 2.75) is 18.9 Å². The van der Waals surface area contributed by atoms with Gasteiger partial charge in [-0.15, -0.1) is 0 Å². The maximum atomic E-state index is 13.3. The molecule has 2 aromatic carbocycles. The molecule has 33 heavy (non-hydrogen) atoms. The lowest BCUT2D eigenvalue weighted by Gasteiger charge is -2.34. The van der Waals surface area contributed by atoms with Crippen LogP contribution in [0, 0.1) is 0 Å². The summed E-state index contributed by atoms with van der Waals surface area (Å²) >= 11 is 3.49. The van der Waals surface area contributed by atoms with Crippen molar-refractivity contribution in [3.05, 3.63) is 64.1 Å². The molecular formula is C25H31BrN4O3. The summed E-state index contributed by atoms with van der Waals surface area (Å²) in [5, 5.41) is 15.6. The first-order chi connectivity index (χ1) is 16.1. The number of amides is 1. The number of hydrogen-bond acceptors (Lipinski definition) is 6. The Bertz CT molecular complexity index is 957. The average molecular weight is 515 g/mol. The van der Waals surface area contributed by atoms with E-state index < -0.39 is 0 Å². The van der Waals surface area contributed by atoms with Crippen LogP contribution in [0.15, 0.2) is 58.1 Å². The van der Waals surface area contributed by atoms with E-state index in [1.54, 1.807) is 12.1 Å². The first kappa shape index (κ1) is 23.9. The number of rotatable bonds is 8. The van der Waals surface area contributed by atoms with E-state index >= 15 is 0 Å². The molecule has 0 aromatic heterocycles. The third-order valence-electron chi connectivity index (χ3n) is 6.37. The number of ether oxygens (including phenoxy) is 1. The molecule has 7 nitrogen and oxygen atoms in total. The molecule has 1 fully saturated rings. The number of piperazine rings is 1. The average Bonchev–Trinajstić information content (AvgIpc) is 3.30. The zero-order valence-corrected chi connectivity index (χ0v) is 20.6. The minimum Gasteiger partial charge on any atom is -0.497 e. The highest BCUT2D eigenvalue weighted by Gasteiger charge is 2.33. The molecule has 1 atom stereocenters. The molecule has 0 saturated carbocycles. The zero-order chi connectivity index (χ0) is 23.2. The summed E-state index contributed by atoms with van der Waals surface area (Å²) in [4.78, 5) is 17.9. The molecule has 0 aliphatic carbocycles. The molecule has 4 rings (SSSR count). The van der Waals surface area contributed by atoms with Crippen molar-refractivity contribution in [3.63, 3.8) is 0 Å². The molecule has 2 heterocycles. The number of methoxy groups -OCH3 is 1. The number of β-amino-alcohol motifs (C(OH)–C–C–N with tert-alkyl or cyclic N) is 1. The largest absolute Gasteiger partial charge is 0.497 e. The van der Waals surface area contributed by atoms with Gasteiger partial charge >= 0.3 is 0 Å². The molecule has 8 heteroatoms. The minimum atomic E-state index is -0.122. The van der Waals surface area contributed by atoms with Gasteiger partial charge in [-0.1, -0.05) is 40.2 Å². The van der Waals surface area contributed by atoms with E-state index in [4.69, 9.17) is 14.9 Å². The van der Waals surface area contributed by atoms with E-state index in [9.17, 15) is 4.79 Å². The van der Waals surface area contributed by atoms with Crippen molar-refractivity contribution < 1.29 is 14.6 Å². The van der Waals surface area contributed by atoms with Gasteiger partial charge in [0.1, 0.15) is 5.75 Å². The lowest BCUT2D eigenvalue weighted by molar-refractivity contribution is -0.133. The fraction of sp³-hybridized carbons (Fsp3) is 0.440. The van der Waals surface area contributed by atoms with E-state index in [-0.39, 0.29) is 18.6 Å². The van der Waals surface area contributed by atoms with Gasteiger partial charge in [0.15, 0.2) is 0 Å². The number of aliphatic hydroxyl groups is 1. The van der Waals surface area contributed by atoms with Crippen LogP contribution in [0.4, 0.5) is 0 Å². The summed E-state index contributed by atoms with van der Waals surface area (Å²) in [6, 6.07) is 15.9. The van der Waals surface area contributed by atoms with Gasteiger partial charge in [-0.25, -0.2) is 5.01 Å². The highest BCUT2D eigenvalue weighted by Crippen LogP contribution is 2.34. The summed E-state index contributed by atoms with van der Waals surface area (Å²) in [7, 11) is 1.65. The second kappa shape index (κ2) is 11.2. The molecule has 176 valence electrons. The minimum absolute atomic E-state index is 0.0423. The van der Waals surface area contributed by atoms with E-state index in [0.29, 0.717) is 12.8 Å². The summed E-state index contributed by atoms with van der Waals surface area (Å²) < 4.78 is 6.32. The lowest BCUT2D eigenvalue weighted by Crippen LogP contribution is -2.47. The predicted octanol–water partition coefficient (Wildman–Crippen LogP) is 3.14. The lowest BCUT2D eigenvalue weighted by atomic mass is 9.98. The highest BCUT2D eigenvalue weighted by molar-refractivity contribution is 9.10. The Balaban J connectivity index is 1.46. The van der Waals surface area contributed by atoms with Gasteiger partial charge in [0.05, 0.1) is 25.5 Å². The van der Waals surface area contributed by atoms with Gasteiger partial charge in [0.2, 0.25) is 5.91 Å². The first-order valence-electron chi connectivity index (χ1n) is 11.4. The normalized spacial score (nSPS) is 19.5. The van der Waals surface area contributed by atoms with Crippen LogP contribution in [0.1, 0.15) is 30.0 Å². The Hall–Kier alpha value is -2.26. The Kier molecular flexibility index (Phi) is 8.14. The summed E-state index contributed by atoms with van der Waals surface area (Å²) in [5.74, 6) is 0.838. The van der Waals surface area contributed by atoms with E-state index in [2.05, 4.69) is 25.7 Å². The SMILES string of the molecule is COc1ccc(C2CC(c3ccc(Br)cc3)=NN2C(=O)CCN2CCN(CCO)CC2)cc1. The van der Waals surface area contributed by atoms with Crippen molar-refractivity contribution in [1.29, 1.82) is 0 Å². The number of halogens is 1. The molecule has 1 N–H and O–H groups in total. The van der Waals surface area contributed by atoms with Crippen molar-refractivity contribution in [3.8, 4) is 5.75 Å². The standard InChI is InChI=1S/C25H31BrN4O3/c1-33-22-8-4-20(5-9-22)24-18-23(19-2-6-21(26)7-3-19)27-30(24)25(32)10-11-28-12-14-29(15-13-28)16-17-31/h2-9,24,31H,10-18H2,1H3. The van der Waals surface area contributed by atoms with Crippen LogP contribution < -0.4 is 4.74 Å². The smallest absolute Gasteiger partial charge is 0.244 e. The number of hydrogen-bond donors (Lipinski definition) is 1. The number of aliphatic hydroxyl groups excluding tert-OH is 1. The zero-order valence-electron chi connectivity index (χ0n) is 19.0. The van der Waals surface area contributed by atoms with Gasteiger partial charge < -0.3 is 14.7 Å². The topological polar surface area (TPSA) is 68.6 Å². The van der Waals surface area contributed by atoms with E-state index in [1.165, 1.54) is 0 Å². The number of carbonyl (C=O) groups excluding carboxylic acids is 1. The van der Waals surface area contributed by atoms with Gasteiger partial charge in [0, 0.05) is 56.6 Å². The predicted molar refractivity (Wildman–Crippen MR) is 132 cm³/mol. The van der Waals surface area contributed by atoms with E-state index in [1.807, 2.05) is 48.5 Å². The fourth-order valence-corrected chi connectivity index (χ4v) is 4.65. The highest BCUT2D eigenvalue weighted by atomic mass is 79.9. The maximum absolute atomic E-state index is 13.3. The van der Waals surface area contributed by atoms with Gasteiger partial charge in [-0.05, 0) is 35.4 Å². The second-order valence-corrected chi connectivity index (χ2v) is 9.36. The van der Waals surface area contributed by atoms with Gasteiger partial charge in [-0.2, -0.15) is 5.10 Å². The molecule has 2 aliphatic rings. The molecule has 1 saturated heterocycles. The summed E-state index contributed by atoms with van der Waals surface area (Å²) in [5.41, 5.74) is 3.01. The van der Waals surface area contributed by atoms with Gasteiger partial charge in [-0.3, -0.25) is 9.69 Å². The molecule has 0 bridgehead atoms. The number of carbonyl (C=O) groups is 1. The fourth-order valence-electron chi connectivity index (χ4n) is 4.39. The molecular weight excluding hydrogens is 484 g/mol. The number of nitrogens with zero attached hydrogens (tertiary/aromatic N) is 4. The van der Waals surface area contributed by atoms with E-state index in [0.717, 1.165) is 66.3 Å². The third kappa shape index (κ3) is 6.00. The van der Waals surface area contributed by atoms with Crippen LogP contribution in [0.25, 0.3) is 0 Å². The van der Waals surface area contributed by atoms with Crippen LogP contribution in [-0.2, 0) is 4.79 Å². The van der Waals surface area contributed by atoms with Crippen molar-refractivity contribution >= 4 is 27.5 Å². The van der Waals surface area contributed by atoms with Crippen molar-refractivity contribution in [2.24, 2.45) is 5.10 Å². The van der Waals surface area contributed by atoms with Crippen LogP contribution in [0.3, 0.4) is 0 Å². The van der Waals surface area contributed by atoms with Crippen LogP contribution >= 0.6 is 15.9 Å². The number of benzene rings is 2. The number of hydrazone groups is 1. The summed E-state index contributed by atoms with van der Waals surface area (Å²) in [6.07, 6.45) is 1.11. The summed E-state index contributed by atoms with van der Waals surface area (Å²) in [6.45, 7) is 5.33.